The van der Waals surface area contributed by atoms with Crippen molar-refractivity contribution in [2.45, 2.75) is 6.04 Å². The average Bonchev–Trinajstić information content (AvgIpc) is 2.49. The third-order valence-corrected chi connectivity index (χ3v) is 4.65. The van der Waals surface area contributed by atoms with Crippen molar-refractivity contribution in [2.75, 3.05) is 0 Å². The summed E-state index contributed by atoms with van der Waals surface area (Å²) in [5.74, 6) is 0. The molecule has 2 N–H and O–H groups in total. The first-order valence-corrected chi connectivity index (χ1v) is 7.51. The van der Waals surface area contributed by atoms with Gasteiger partial charge in [-0.1, -0.05) is 54.1 Å². The first kappa shape index (κ1) is 13.6. The lowest BCUT2D eigenvalue weighted by Gasteiger charge is -2.14. The molecule has 3 heteroatoms. The smallest absolute Gasteiger partial charge is 0.0552 e. The van der Waals surface area contributed by atoms with Crippen LogP contribution in [0.15, 0.2) is 65.1 Å². The highest BCUT2D eigenvalue weighted by Crippen LogP contribution is 2.29. The molecule has 20 heavy (non-hydrogen) atoms. The predicted molar refractivity (Wildman–Crippen MR) is 89.1 cm³/mol. The maximum atomic E-state index is 6.36. The largest absolute Gasteiger partial charge is 0.320 e. The summed E-state index contributed by atoms with van der Waals surface area (Å²) in [5, 5.41) is 3.12. The van der Waals surface area contributed by atoms with Crippen molar-refractivity contribution in [1.82, 2.24) is 0 Å². The fourth-order valence-corrected chi connectivity index (χ4v) is 2.81. The molecule has 0 bridgehead atoms. The minimum absolute atomic E-state index is 0.159. The van der Waals surface area contributed by atoms with Crippen molar-refractivity contribution in [3.8, 4) is 0 Å². The standard InChI is InChI=1S/C17H13BrClN/c18-15-10-14(7-8-16(15)19)17(20)13-6-5-11-3-1-2-4-12(11)9-13/h1-10,17H,20H2. The summed E-state index contributed by atoms with van der Waals surface area (Å²) in [4.78, 5) is 0. The van der Waals surface area contributed by atoms with Crippen LogP contribution in [-0.4, -0.2) is 0 Å². The summed E-state index contributed by atoms with van der Waals surface area (Å²) in [7, 11) is 0. The van der Waals surface area contributed by atoms with Crippen LogP contribution in [0.3, 0.4) is 0 Å². The molecule has 0 heterocycles. The molecule has 0 aromatic heterocycles. The van der Waals surface area contributed by atoms with E-state index in [0.29, 0.717) is 5.02 Å². The van der Waals surface area contributed by atoms with E-state index in [9.17, 15) is 0 Å². The van der Waals surface area contributed by atoms with Crippen LogP contribution in [-0.2, 0) is 0 Å². The second-order valence-electron chi connectivity index (χ2n) is 4.76. The predicted octanol–water partition coefficient (Wildman–Crippen LogP) is 5.30. The molecule has 0 fully saturated rings. The number of rotatable bonds is 2. The van der Waals surface area contributed by atoms with Gasteiger partial charge in [0, 0.05) is 4.47 Å². The molecule has 3 aromatic carbocycles. The normalized spacial score (nSPS) is 12.6. The highest BCUT2D eigenvalue weighted by molar-refractivity contribution is 9.10. The molecule has 0 saturated heterocycles. The van der Waals surface area contributed by atoms with Gasteiger partial charge in [0.25, 0.3) is 0 Å². The van der Waals surface area contributed by atoms with Gasteiger partial charge < -0.3 is 5.73 Å². The van der Waals surface area contributed by atoms with Gasteiger partial charge in [0.05, 0.1) is 11.1 Å². The number of benzene rings is 3. The first-order chi connectivity index (χ1) is 9.65. The Balaban J connectivity index is 2.02. The number of nitrogens with two attached hydrogens (primary N) is 1. The maximum Gasteiger partial charge on any atom is 0.0552 e. The van der Waals surface area contributed by atoms with Crippen molar-refractivity contribution in [2.24, 2.45) is 5.73 Å². The zero-order valence-corrected chi connectivity index (χ0v) is 13.0. The molecular formula is C17H13BrClN. The van der Waals surface area contributed by atoms with Crippen LogP contribution >= 0.6 is 27.5 Å². The van der Waals surface area contributed by atoms with Crippen LogP contribution in [0.4, 0.5) is 0 Å². The van der Waals surface area contributed by atoms with Gasteiger partial charge in [-0.2, -0.15) is 0 Å². The van der Waals surface area contributed by atoms with E-state index in [-0.39, 0.29) is 6.04 Å². The molecule has 3 rings (SSSR count). The van der Waals surface area contributed by atoms with Gasteiger partial charge in [-0.25, -0.2) is 0 Å². The van der Waals surface area contributed by atoms with Crippen molar-refractivity contribution >= 4 is 38.3 Å². The topological polar surface area (TPSA) is 26.0 Å². The first-order valence-electron chi connectivity index (χ1n) is 6.34. The van der Waals surface area contributed by atoms with Crippen molar-refractivity contribution in [3.05, 3.63) is 81.3 Å². The van der Waals surface area contributed by atoms with Crippen LogP contribution in [0.2, 0.25) is 5.02 Å². The zero-order valence-electron chi connectivity index (χ0n) is 10.7. The van der Waals surface area contributed by atoms with Gasteiger partial charge in [0.1, 0.15) is 0 Å². The van der Waals surface area contributed by atoms with Gasteiger partial charge in [0.2, 0.25) is 0 Å². The Hall–Kier alpha value is -1.35. The molecular weight excluding hydrogens is 334 g/mol. The van der Waals surface area contributed by atoms with E-state index < -0.39 is 0 Å². The fraction of sp³-hybridized carbons (Fsp3) is 0.0588. The van der Waals surface area contributed by atoms with Gasteiger partial charge in [0.15, 0.2) is 0 Å². The SMILES string of the molecule is NC(c1ccc(Cl)c(Br)c1)c1ccc2ccccc2c1. The quantitative estimate of drug-likeness (QED) is 0.669. The lowest BCUT2D eigenvalue weighted by molar-refractivity contribution is 0.872. The molecule has 0 aliphatic heterocycles. The molecule has 0 saturated carbocycles. The van der Waals surface area contributed by atoms with Crippen LogP contribution in [0.5, 0.6) is 0 Å². The van der Waals surface area contributed by atoms with E-state index in [4.69, 9.17) is 17.3 Å². The Labute approximate surface area is 131 Å². The summed E-state index contributed by atoms with van der Waals surface area (Å²) in [5.41, 5.74) is 8.50. The van der Waals surface area contributed by atoms with Gasteiger partial charge >= 0.3 is 0 Å². The number of hydrogen-bond acceptors (Lipinski definition) is 1. The van der Waals surface area contributed by atoms with Crippen LogP contribution in [0, 0.1) is 0 Å². The molecule has 100 valence electrons. The van der Waals surface area contributed by atoms with E-state index in [2.05, 4.69) is 46.3 Å². The fourth-order valence-electron chi connectivity index (χ4n) is 2.30. The van der Waals surface area contributed by atoms with Crippen molar-refractivity contribution < 1.29 is 0 Å². The van der Waals surface area contributed by atoms with E-state index >= 15 is 0 Å². The number of hydrogen-bond donors (Lipinski definition) is 1. The second kappa shape index (κ2) is 5.57. The summed E-state index contributed by atoms with van der Waals surface area (Å²) in [6.07, 6.45) is 0. The Morgan fingerprint density at radius 2 is 1.50 bits per heavy atom. The monoisotopic (exact) mass is 345 g/mol. The Bertz CT molecular complexity index is 770. The summed E-state index contributed by atoms with van der Waals surface area (Å²) in [6, 6.07) is 20.2. The van der Waals surface area contributed by atoms with E-state index in [1.54, 1.807) is 0 Å². The van der Waals surface area contributed by atoms with Gasteiger partial charge in [-0.3, -0.25) is 0 Å². The van der Waals surface area contributed by atoms with Crippen molar-refractivity contribution in [1.29, 1.82) is 0 Å². The molecule has 0 spiro atoms. The summed E-state index contributed by atoms with van der Waals surface area (Å²) in [6.45, 7) is 0. The number of fused-ring (bicyclic) bond motifs is 1. The average molecular weight is 347 g/mol. The lowest BCUT2D eigenvalue weighted by atomic mass is 9.97. The molecule has 0 aliphatic rings. The highest BCUT2D eigenvalue weighted by atomic mass is 79.9. The van der Waals surface area contributed by atoms with Gasteiger partial charge in [-0.15, -0.1) is 0 Å². The van der Waals surface area contributed by atoms with Crippen LogP contribution < -0.4 is 5.73 Å². The molecule has 1 atom stereocenters. The molecule has 1 nitrogen and oxygen atoms in total. The molecule has 0 radical (unpaired) electrons. The minimum atomic E-state index is -0.159. The van der Waals surface area contributed by atoms with E-state index in [1.807, 2.05) is 30.3 Å². The maximum absolute atomic E-state index is 6.36. The Kier molecular flexibility index (Phi) is 3.79. The lowest BCUT2D eigenvalue weighted by Crippen LogP contribution is -2.11. The minimum Gasteiger partial charge on any atom is -0.320 e. The molecule has 1 unspecified atom stereocenters. The van der Waals surface area contributed by atoms with Crippen molar-refractivity contribution in [3.63, 3.8) is 0 Å². The molecule has 0 aliphatic carbocycles. The zero-order chi connectivity index (χ0) is 14.1. The Morgan fingerprint density at radius 1 is 0.850 bits per heavy atom. The molecule has 0 amide bonds. The third kappa shape index (κ3) is 2.59. The van der Waals surface area contributed by atoms with Crippen LogP contribution in [0.1, 0.15) is 17.2 Å². The summed E-state index contributed by atoms with van der Waals surface area (Å²) < 4.78 is 0.868. The van der Waals surface area contributed by atoms with E-state index in [0.717, 1.165) is 15.6 Å². The van der Waals surface area contributed by atoms with Crippen LogP contribution in [0.25, 0.3) is 10.8 Å². The second-order valence-corrected chi connectivity index (χ2v) is 6.02. The summed E-state index contributed by atoms with van der Waals surface area (Å²) >= 11 is 9.46. The molecule has 3 aromatic rings. The van der Waals surface area contributed by atoms with E-state index in [1.165, 1.54) is 10.8 Å². The third-order valence-electron chi connectivity index (χ3n) is 3.44. The van der Waals surface area contributed by atoms with Gasteiger partial charge in [-0.05, 0) is 56.0 Å². The Morgan fingerprint density at radius 3 is 2.25 bits per heavy atom. The highest BCUT2D eigenvalue weighted by Gasteiger charge is 2.11. The number of halogens is 2.